The predicted molar refractivity (Wildman–Crippen MR) is 146 cm³/mol. The smallest absolute Gasteiger partial charge is 0.406 e. The van der Waals surface area contributed by atoms with Crippen molar-refractivity contribution in [3.63, 3.8) is 0 Å². The van der Waals surface area contributed by atoms with Crippen molar-refractivity contribution in [3.05, 3.63) is 46.5 Å². The Morgan fingerprint density at radius 2 is 2.17 bits per heavy atom. The lowest BCUT2D eigenvalue weighted by Crippen LogP contribution is -2.57. The van der Waals surface area contributed by atoms with Gasteiger partial charge in [0.15, 0.2) is 0 Å². The maximum absolute atomic E-state index is 13.9. The average molecular weight is 603 g/mol. The minimum Gasteiger partial charge on any atom is -0.468 e. The number of rotatable bonds is 13. The number of esters is 1. The van der Waals surface area contributed by atoms with Gasteiger partial charge in [0.25, 0.3) is 0 Å². The summed E-state index contributed by atoms with van der Waals surface area (Å²) in [5, 5.41) is 18.5. The van der Waals surface area contributed by atoms with Crippen LogP contribution in [0.15, 0.2) is 35.6 Å². The molecule has 2 aromatic rings. The minimum atomic E-state index is -4.30. The summed E-state index contributed by atoms with van der Waals surface area (Å²) in [6.07, 6.45) is -0.00850. The molecule has 3 heterocycles. The molecule has 16 nitrogen and oxygen atoms in total. The van der Waals surface area contributed by atoms with Gasteiger partial charge >= 0.3 is 19.7 Å². The van der Waals surface area contributed by atoms with E-state index in [-0.39, 0.29) is 32.4 Å². The third-order valence-electron chi connectivity index (χ3n) is 6.94. The Morgan fingerprint density at radius 3 is 2.90 bits per heavy atom. The van der Waals surface area contributed by atoms with Crippen LogP contribution in [0.5, 0.6) is 0 Å². The summed E-state index contributed by atoms with van der Waals surface area (Å²) >= 11 is 0. The van der Waals surface area contributed by atoms with Crippen LogP contribution < -0.4 is 10.4 Å². The zero-order valence-electron chi connectivity index (χ0n) is 23.0. The van der Waals surface area contributed by atoms with Gasteiger partial charge in [-0.05, 0) is 17.2 Å². The fraction of sp³-hybridized carbons (Fsp3) is 0.520. The Bertz CT molecular complexity index is 1450. The molecular formula is C25H31N8O8P. The van der Waals surface area contributed by atoms with Crippen LogP contribution in [0.25, 0.3) is 21.3 Å². The molecular weight excluding hydrogens is 571 g/mol. The van der Waals surface area contributed by atoms with Crippen molar-refractivity contribution in [1.29, 1.82) is 5.26 Å². The van der Waals surface area contributed by atoms with Crippen LogP contribution >= 0.6 is 7.75 Å². The summed E-state index contributed by atoms with van der Waals surface area (Å²) in [5.74, 6) is -1.61. The first-order valence-corrected chi connectivity index (χ1v) is 14.7. The highest BCUT2D eigenvalue weighted by molar-refractivity contribution is 7.51. The van der Waals surface area contributed by atoms with Gasteiger partial charge in [-0.25, -0.2) is 14.4 Å². The number of aromatic nitrogens is 1. The largest absolute Gasteiger partial charge is 0.468 e. The number of carbonyl (C=O) groups excluding carboxylic acids is 3. The Hall–Kier alpha value is -3.96. The van der Waals surface area contributed by atoms with Crippen molar-refractivity contribution in [2.24, 2.45) is 11.0 Å². The molecule has 3 N–H and O–H groups in total. The first-order valence-electron chi connectivity index (χ1n) is 13.2. The van der Waals surface area contributed by atoms with Crippen LogP contribution in [-0.2, 0) is 39.1 Å². The average Bonchev–Trinajstić information content (AvgIpc) is 3.57. The normalized spacial score (nSPS) is 24.4. The quantitative estimate of drug-likeness (QED) is 0.0759. The van der Waals surface area contributed by atoms with Gasteiger partial charge in [0.05, 0.1) is 50.9 Å². The molecule has 42 heavy (non-hydrogen) atoms. The van der Waals surface area contributed by atoms with E-state index in [0.29, 0.717) is 0 Å². The van der Waals surface area contributed by atoms with Crippen LogP contribution in [0.1, 0.15) is 25.3 Å². The third kappa shape index (κ3) is 7.27. The van der Waals surface area contributed by atoms with Crippen molar-refractivity contribution in [2.75, 3.05) is 26.9 Å². The second kappa shape index (κ2) is 13.8. The van der Waals surface area contributed by atoms with E-state index in [0.717, 1.165) is 16.5 Å². The molecule has 0 spiro atoms. The Kier molecular flexibility index (Phi) is 10.2. The molecule has 1 aromatic carbocycles. The van der Waals surface area contributed by atoms with Gasteiger partial charge in [-0.15, -0.1) is 0 Å². The number of ether oxygens (including phenoxy) is 2. The molecule has 6 atom stereocenters. The zero-order valence-corrected chi connectivity index (χ0v) is 23.9. The van der Waals surface area contributed by atoms with E-state index < -0.39 is 62.6 Å². The summed E-state index contributed by atoms with van der Waals surface area (Å²) in [4.78, 5) is 44.3. The van der Waals surface area contributed by atoms with E-state index in [4.69, 9.17) is 29.3 Å². The number of hydrogen-bond donors (Lipinski definition) is 3. The number of aromatic amines is 1. The molecule has 3 amide bonds. The highest BCUT2D eigenvalue weighted by Crippen LogP contribution is 2.46. The number of urea groups is 1. The lowest BCUT2D eigenvalue weighted by Gasteiger charge is -2.34. The highest BCUT2D eigenvalue weighted by Gasteiger charge is 2.44. The number of H-pyrrole nitrogens is 1. The highest BCUT2D eigenvalue weighted by atomic mass is 31.2. The van der Waals surface area contributed by atoms with Gasteiger partial charge in [0.2, 0.25) is 5.91 Å². The number of hydrogen-bond acceptors (Lipinski definition) is 10. The van der Waals surface area contributed by atoms with Gasteiger partial charge in [0, 0.05) is 41.4 Å². The van der Waals surface area contributed by atoms with E-state index in [1.807, 2.05) is 30.3 Å². The summed E-state index contributed by atoms with van der Waals surface area (Å²) in [6.45, 7) is 1.07. The molecule has 224 valence electrons. The molecule has 0 radical (unpaired) electrons. The number of nitrogens with zero attached hydrogens (tertiary/aromatic N) is 5. The third-order valence-corrected chi connectivity index (χ3v) is 8.58. The summed E-state index contributed by atoms with van der Waals surface area (Å²) in [6, 6.07) is 6.73. The molecule has 2 unspecified atom stereocenters. The van der Waals surface area contributed by atoms with Crippen molar-refractivity contribution < 1.29 is 37.5 Å². The Morgan fingerprint density at radius 1 is 1.38 bits per heavy atom. The van der Waals surface area contributed by atoms with E-state index >= 15 is 0 Å². The molecule has 2 saturated heterocycles. The van der Waals surface area contributed by atoms with Crippen LogP contribution in [0.3, 0.4) is 0 Å². The second-order valence-electron chi connectivity index (χ2n) is 9.79. The fourth-order valence-electron chi connectivity index (χ4n) is 4.78. The van der Waals surface area contributed by atoms with E-state index in [1.54, 1.807) is 13.1 Å². The van der Waals surface area contributed by atoms with Crippen molar-refractivity contribution >= 4 is 36.6 Å². The number of amides is 3. The van der Waals surface area contributed by atoms with Crippen LogP contribution in [0.2, 0.25) is 0 Å². The molecule has 0 aliphatic carbocycles. The standard InChI is InChI=1S/C25H31N8O8P/c1-15-13-33(25(36)29-23(15)34)22-11-19(30-32-27)21(41-22)14-40-42(37,39-9-5-8-26)31-20(24(35)38-2)10-16-12-28-18-7-4-3-6-17(16)18/h3-4,6-7,12,15,19-22,28H,5,9-11,13-14H2,1-2H3,(H,31,37)(H,29,34,36)/t15?,19-,20-,21+,22+,42?/m0/s1. The van der Waals surface area contributed by atoms with Crippen LogP contribution in [-0.4, -0.2) is 79.1 Å². The maximum atomic E-state index is 13.9. The predicted octanol–water partition coefficient (Wildman–Crippen LogP) is 2.88. The summed E-state index contributed by atoms with van der Waals surface area (Å²) in [7, 11) is -3.10. The van der Waals surface area contributed by atoms with Gasteiger partial charge in [-0.2, -0.15) is 5.26 Å². The monoisotopic (exact) mass is 602 g/mol. The SMILES string of the molecule is COC(=O)[C@H](Cc1c[nH]c2ccccc12)NP(=O)(OCCC#N)OC[C@H]1O[C@@H](N2CC(C)C(=O)NC2=O)C[C@@H]1N=[N+]=[N-]. The molecule has 2 aliphatic heterocycles. The number of imide groups is 1. The minimum absolute atomic E-state index is 0.0655. The molecule has 4 rings (SSSR count). The maximum Gasteiger partial charge on any atom is 0.406 e. The first kappa shape index (κ1) is 31.0. The van der Waals surface area contributed by atoms with Gasteiger partial charge in [0.1, 0.15) is 12.3 Å². The summed E-state index contributed by atoms with van der Waals surface area (Å²) in [5.41, 5.74) is 10.7. The fourth-order valence-corrected chi connectivity index (χ4v) is 6.26. The van der Waals surface area contributed by atoms with Crippen LogP contribution in [0.4, 0.5) is 4.79 Å². The Balaban J connectivity index is 1.51. The number of carbonyl (C=O) groups is 3. The molecule has 0 saturated carbocycles. The van der Waals surface area contributed by atoms with Crippen molar-refractivity contribution in [3.8, 4) is 6.07 Å². The van der Waals surface area contributed by atoms with Crippen molar-refractivity contribution in [2.45, 2.75) is 50.6 Å². The second-order valence-corrected chi connectivity index (χ2v) is 11.6. The topological polar surface area (TPSA) is 221 Å². The molecule has 17 heteroatoms. The number of methoxy groups -OCH3 is 1. The lowest BCUT2D eigenvalue weighted by atomic mass is 10.1. The Labute approximate surface area is 240 Å². The van der Waals surface area contributed by atoms with E-state index in [2.05, 4.69) is 25.4 Å². The number of nitriles is 1. The molecule has 2 fully saturated rings. The van der Waals surface area contributed by atoms with Gasteiger partial charge in [-0.1, -0.05) is 30.2 Å². The van der Waals surface area contributed by atoms with Gasteiger partial charge < -0.3 is 14.5 Å². The van der Waals surface area contributed by atoms with E-state index in [1.165, 1.54) is 12.0 Å². The zero-order chi connectivity index (χ0) is 30.3. The van der Waals surface area contributed by atoms with Crippen LogP contribution in [0, 0.1) is 17.2 Å². The molecule has 2 aliphatic rings. The number of benzene rings is 1. The lowest BCUT2D eigenvalue weighted by molar-refractivity contribution is -0.142. The first-order chi connectivity index (χ1) is 20.2. The number of azide groups is 1. The number of fused-ring (bicyclic) bond motifs is 1. The molecule has 0 bridgehead atoms. The number of para-hydroxylation sites is 1. The number of nitrogens with one attached hydrogen (secondary N) is 3. The van der Waals surface area contributed by atoms with E-state index in [9.17, 15) is 18.9 Å². The summed E-state index contributed by atoms with van der Waals surface area (Å²) < 4.78 is 35.9. The van der Waals surface area contributed by atoms with Gasteiger partial charge in [-0.3, -0.25) is 28.9 Å². The van der Waals surface area contributed by atoms with Crippen molar-refractivity contribution in [1.82, 2.24) is 20.3 Å². The molecule has 1 aromatic heterocycles.